The third-order valence-electron chi connectivity index (χ3n) is 4.14. The van der Waals surface area contributed by atoms with Crippen molar-refractivity contribution in [2.45, 2.75) is 45.8 Å². The first-order chi connectivity index (χ1) is 9.28. The average Bonchev–Trinajstić information content (AvgIpc) is 2.41. The van der Waals surface area contributed by atoms with Gasteiger partial charge in [-0.2, -0.15) is 0 Å². The summed E-state index contributed by atoms with van der Waals surface area (Å²) in [6.07, 6.45) is 5.65. The second-order valence-electron chi connectivity index (χ2n) is 6.02. The van der Waals surface area contributed by atoms with Crippen molar-refractivity contribution in [1.29, 1.82) is 0 Å². The van der Waals surface area contributed by atoms with Crippen molar-refractivity contribution in [1.82, 2.24) is 5.32 Å². The molecule has 2 unspecified atom stereocenters. The third kappa shape index (κ3) is 4.96. The highest BCUT2D eigenvalue weighted by atomic mass is 16.5. The van der Waals surface area contributed by atoms with E-state index in [9.17, 15) is 0 Å². The normalized spacial score (nSPS) is 23.5. The van der Waals surface area contributed by atoms with Crippen molar-refractivity contribution >= 4 is 0 Å². The van der Waals surface area contributed by atoms with E-state index in [2.05, 4.69) is 36.5 Å². The maximum atomic E-state index is 5.12. The van der Waals surface area contributed by atoms with Gasteiger partial charge in [-0.1, -0.05) is 44.0 Å². The Hall–Kier alpha value is -0.860. The van der Waals surface area contributed by atoms with Crippen molar-refractivity contribution in [3.63, 3.8) is 0 Å². The summed E-state index contributed by atoms with van der Waals surface area (Å²) < 4.78 is 5.12. The largest absolute Gasteiger partial charge is 0.380 e. The minimum Gasteiger partial charge on any atom is -0.380 e. The van der Waals surface area contributed by atoms with Gasteiger partial charge in [0.05, 0.1) is 6.61 Å². The molecule has 0 heterocycles. The van der Waals surface area contributed by atoms with Gasteiger partial charge in [0, 0.05) is 13.7 Å². The molecular weight excluding hydrogens is 234 g/mol. The van der Waals surface area contributed by atoms with Crippen LogP contribution in [0.1, 0.15) is 43.7 Å². The highest BCUT2D eigenvalue weighted by molar-refractivity contribution is 5.21. The van der Waals surface area contributed by atoms with Crippen LogP contribution >= 0.6 is 0 Å². The minimum absolute atomic E-state index is 0.702. The Morgan fingerprint density at radius 2 is 1.89 bits per heavy atom. The van der Waals surface area contributed by atoms with Crippen LogP contribution in [0, 0.1) is 11.8 Å². The smallest absolute Gasteiger partial charge is 0.0713 e. The Labute approximate surface area is 117 Å². The van der Waals surface area contributed by atoms with E-state index >= 15 is 0 Å². The lowest BCUT2D eigenvalue weighted by Gasteiger charge is -2.26. The zero-order valence-corrected chi connectivity index (χ0v) is 12.3. The quantitative estimate of drug-likeness (QED) is 0.842. The topological polar surface area (TPSA) is 21.3 Å². The fourth-order valence-corrected chi connectivity index (χ4v) is 3.09. The van der Waals surface area contributed by atoms with E-state index in [1.807, 2.05) is 0 Å². The average molecular weight is 261 g/mol. The van der Waals surface area contributed by atoms with E-state index in [1.54, 1.807) is 7.11 Å². The number of hydrogen-bond acceptors (Lipinski definition) is 2. The first-order valence-corrected chi connectivity index (χ1v) is 7.55. The molecule has 106 valence electrons. The van der Waals surface area contributed by atoms with Gasteiger partial charge in [-0.3, -0.25) is 0 Å². The van der Waals surface area contributed by atoms with Crippen LogP contribution in [0.5, 0.6) is 0 Å². The Kier molecular flexibility index (Phi) is 5.87. The molecule has 0 amide bonds. The number of ether oxygens (including phenoxy) is 1. The van der Waals surface area contributed by atoms with Crippen molar-refractivity contribution < 1.29 is 4.74 Å². The zero-order chi connectivity index (χ0) is 13.5. The van der Waals surface area contributed by atoms with Crippen LogP contribution in [0.4, 0.5) is 0 Å². The van der Waals surface area contributed by atoms with Crippen molar-refractivity contribution in [2.24, 2.45) is 11.8 Å². The van der Waals surface area contributed by atoms with Crippen molar-refractivity contribution in [3.8, 4) is 0 Å². The third-order valence-corrected chi connectivity index (χ3v) is 4.14. The molecule has 1 aromatic carbocycles. The zero-order valence-electron chi connectivity index (χ0n) is 12.3. The van der Waals surface area contributed by atoms with Gasteiger partial charge in [0.15, 0.2) is 0 Å². The molecule has 1 N–H and O–H groups in total. The summed E-state index contributed by atoms with van der Waals surface area (Å²) in [6, 6.07) is 8.71. The van der Waals surface area contributed by atoms with Crippen LogP contribution in [0.25, 0.3) is 0 Å². The number of methoxy groups -OCH3 is 1. The lowest BCUT2D eigenvalue weighted by molar-refractivity contribution is 0.185. The maximum absolute atomic E-state index is 5.12. The molecule has 2 rings (SSSR count). The van der Waals surface area contributed by atoms with Crippen LogP contribution in [0.2, 0.25) is 0 Å². The van der Waals surface area contributed by atoms with Gasteiger partial charge in [0.2, 0.25) is 0 Å². The fraction of sp³-hybridized carbons (Fsp3) is 0.647. The highest BCUT2D eigenvalue weighted by Gasteiger charge is 2.18. The molecule has 2 heteroatoms. The monoisotopic (exact) mass is 261 g/mol. The summed E-state index contributed by atoms with van der Waals surface area (Å²) in [7, 11) is 1.74. The molecule has 0 bridgehead atoms. The van der Waals surface area contributed by atoms with E-state index in [-0.39, 0.29) is 0 Å². The highest BCUT2D eigenvalue weighted by Crippen LogP contribution is 2.27. The van der Waals surface area contributed by atoms with Crippen LogP contribution in [-0.4, -0.2) is 13.7 Å². The Bertz CT molecular complexity index is 360. The van der Waals surface area contributed by atoms with E-state index < -0.39 is 0 Å². The number of hydrogen-bond donors (Lipinski definition) is 1. The van der Waals surface area contributed by atoms with Crippen molar-refractivity contribution in [3.05, 3.63) is 35.4 Å². The van der Waals surface area contributed by atoms with E-state index in [0.717, 1.165) is 18.4 Å². The maximum Gasteiger partial charge on any atom is 0.0713 e. The molecule has 0 radical (unpaired) electrons. The molecule has 1 fully saturated rings. The predicted octanol–water partition coefficient (Wildman–Crippen LogP) is 3.75. The summed E-state index contributed by atoms with van der Waals surface area (Å²) in [6.45, 7) is 5.25. The van der Waals surface area contributed by atoms with Crippen molar-refractivity contribution in [2.75, 3.05) is 13.7 Å². The summed E-state index contributed by atoms with van der Waals surface area (Å²) in [5.41, 5.74) is 2.61. The van der Waals surface area contributed by atoms with Gasteiger partial charge in [0.1, 0.15) is 0 Å². The molecule has 0 aliphatic heterocycles. The second kappa shape index (κ2) is 7.66. The fourth-order valence-electron chi connectivity index (χ4n) is 3.09. The molecule has 1 aliphatic rings. The molecule has 19 heavy (non-hydrogen) atoms. The van der Waals surface area contributed by atoms with Crippen LogP contribution in [0.3, 0.4) is 0 Å². The number of nitrogens with one attached hydrogen (secondary N) is 1. The summed E-state index contributed by atoms with van der Waals surface area (Å²) >= 11 is 0. The molecule has 1 aliphatic carbocycles. The van der Waals surface area contributed by atoms with Gasteiger partial charge in [-0.05, 0) is 42.3 Å². The molecule has 0 aromatic heterocycles. The molecule has 1 saturated carbocycles. The molecule has 2 nitrogen and oxygen atoms in total. The first kappa shape index (κ1) is 14.5. The molecule has 1 aromatic rings. The van der Waals surface area contributed by atoms with Crippen LogP contribution in [-0.2, 0) is 17.9 Å². The predicted molar refractivity (Wildman–Crippen MR) is 80.0 cm³/mol. The van der Waals surface area contributed by atoms with Gasteiger partial charge < -0.3 is 10.1 Å². The lowest BCUT2D eigenvalue weighted by Crippen LogP contribution is -2.26. The molecule has 2 atom stereocenters. The SMILES string of the molecule is COCc1ccc(CNCC2CCCC(C)C2)cc1. The second-order valence-corrected chi connectivity index (χ2v) is 6.02. The Morgan fingerprint density at radius 3 is 2.58 bits per heavy atom. The summed E-state index contributed by atoms with van der Waals surface area (Å²) in [4.78, 5) is 0. The number of benzene rings is 1. The summed E-state index contributed by atoms with van der Waals surface area (Å²) in [5.74, 6) is 1.81. The van der Waals surface area contributed by atoms with E-state index in [0.29, 0.717) is 6.61 Å². The molecule has 0 spiro atoms. The minimum atomic E-state index is 0.702. The first-order valence-electron chi connectivity index (χ1n) is 7.55. The molecular formula is C17H27NO. The standard InChI is InChI=1S/C17H27NO/c1-14-4-3-5-17(10-14)12-18-11-15-6-8-16(9-7-15)13-19-2/h6-9,14,17-18H,3-5,10-13H2,1-2H3. The van der Waals surface area contributed by atoms with Crippen LogP contribution in [0.15, 0.2) is 24.3 Å². The Balaban J connectivity index is 1.70. The lowest BCUT2D eigenvalue weighted by atomic mass is 9.82. The van der Waals surface area contributed by atoms with Gasteiger partial charge in [-0.25, -0.2) is 0 Å². The molecule has 0 saturated heterocycles. The van der Waals surface area contributed by atoms with Gasteiger partial charge in [-0.15, -0.1) is 0 Å². The van der Waals surface area contributed by atoms with E-state index in [1.165, 1.54) is 43.4 Å². The van der Waals surface area contributed by atoms with E-state index in [4.69, 9.17) is 4.74 Å². The Morgan fingerprint density at radius 1 is 1.16 bits per heavy atom. The van der Waals surface area contributed by atoms with Gasteiger partial charge >= 0.3 is 0 Å². The van der Waals surface area contributed by atoms with Gasteiger partial charge in [0.25, 0.3) is 0 Å². The summed E-state index contributed by atoms with van der Waals surface area (Å²) in [5, 5.41) is 3.61. The van der Waals surface area contributed by atoms with Crippen LogP contribution < -0.4 is 5.32 Å². The number of rotatable bonds is 6.